The van der Waals surface area contributed by atoms with Crippen molar-refractivity contribution >= 4 is 22.9 Å². The van der Waals surface area contributed by atoms with E-state index in [0.29, 0.717) is 29.5 Å². The number of nitrogens with zero attached hydrogens (tertiary/aromatic N) is 4. The monoisotopic (exact) mass is 345 g/mol. The lowest BCUT2D eigenvalue weighted by Crippen LogP contribution is -2.31. The van der Waals surface area contributed by atoms with Gasteiger partial charge in [-0.05, 0) is 19.1 Å². The fraction of sp³-hybridized carbons (Fsp3) is 0.375. The summed E-state index contributed by atoms with van der Waals surface area (Å²) in [5, 5.41) is 8.02. The van der Waals surface area contributed by atoms with Crippen molar-refractivity contribution in [3.63, 3.8) is 0 Å². The Bertz CT molecular complexity index is 937. The second-order valence-electron chi connectivity index (χ2n) is 5.81. The first-order chi connectivity index (χ1) is 11.5. The summed E-state index contributed by atoms with van der Waals surface area (Å²) in [5.41, 5.74) is 1.12. The maximum absolute atomic E-state index is 12.3. The van der Waals surface area contributed by atoms with E-state index in [4.69, 9.17) is 0 Å². The van der Waals surface area contributed by atoms with Crippen molar-refractivity contribution in [1.82, 2.24) is 24.5 Å². The van der Waals surface area contributed by atoms with Crippen LogP contribution in [0, 0.1) is 6.92 Å². The maximum atomic E-state index is 12.3. The molecule has 0 fully saturated rings. The number of carbonyl (C=O) groups excluding carboxylic acids is 1. The number of hydrogen-bond acceptors (Lipinski definition) is 5. The van der Waals surface area contributed by atoms with Gasteiger partial charge in [0.2, 0.25) is 0 Å². The summed E-state index contributed by atoms with van der Waals surface area (Å²) in [6.45, 7) is 6.59. The van der Waals surface area contributed by atoms with Gasteiger partial charge in [0.05, 0.1) is 17.2 Å². The molecule has 0 radical (unpaired) electrons. The van der Waals surface area contributed by atoms with E-state index in [-0.39, 0.29) is 11.6 Å². The highest BCUT2D eigenvalue weighted by molar-refractivity contribution is 7.13. The molecule has 0 unspecified atom stereocenters. The van der Waals surface area contributed by atoms with Crippen LogP contribution in [0.15, 0.2) is 29.2 Å². The third-order valence-corrected chi connectivity index (χ3v) is 5.07. The number of hydrogen-bond donors (Lipinski definition) is 1. The Morgan fingerprint density at radius 1 is 1.38 bits per heavy atom. The molecule has 24 heavy (non-hydrogen) atoms. The van der Waals surface area contributed by atoms with Gasteiger partial charge in [-0.2, -0.15) is 0 Å². The Kier molecular flexibility index (Phi) is 4.48. The molecule has 8 heteroatoms. The van der Waals surface area contributed by atoms with Gasteiger partial charge in [0.25, 0.3) is 5.91 Å². The maximum Gasteiger partial charge on any atom is 0.350 e. The molecule has 126 valence electrons. The SMILES string of the molecule is Cc1nc(C(C)C)sc1C(=O)NCCn1nc2ccccn2c1=O. The summed E-state index contributed by atoms with van der Waals surface area (Å²) in [6.07, 6.45) is 1.67. The number of carbonyl (C=O) groups is 1. The van der Waals surface area contributed by atoms with Crippen LogP contribution in [0.4, 0.5) is 0 Å². The molecule has 1 amide bonds. The smallest absolute Gasteiger partial charge is 0.349 e. The molecular weight excluding hydrogens is 326 g/mol. The van der Waals surface area contributed by atoms with E-state index in [9.17, 15) is 9.59 Å². The molecule has 0 saturated heterocycles. The fourth-order valence-electron chi connectivity index (χ4n) is 2.34. The van der Waals surface area contributed by atoms with E-state index >= 15 is 0 Å². The molecule has 0 aliphatic carbocycles. The van der Waals surface area contributed by atoms with Crippen LogP contribution in [0.2, 0.25) is 0 Å². The molecule has 3 aromatic heterocycles. The number of nitrogens with one attached hydrogen (secondary N) is 1. The van der Waals surface area contributed by atoms with Crippen LogP contribution in [-0.4, -0.2) is 31.6 Å². The minimum atomic E-state index is -0.212. The van der Waals surface area contributed by atoms with Crippen LogP contribution in [0.1, 0.15) is 40.1 Å². The predicted octanol–water partition coefficient (Wildman–Crippen LogP) is 1.81. The molecule has 0 aliphatic heterocycles. The number of aryl methyl sites for hydroxylation is 1. The highest BCUT2D eigenvalue weighted by atomic mass is 32.1. The summed E-state index contributed by atoms with van der Waals surface area (Å²) < 4.78 is 2.83. The third-order valence-electron chi connectivity index (χ3n) is 3.61. The third kappa shape index (κ3) is 3.09. The first-order valence-electron chi connectivity index (χ1n) is 7.77. The number of amides is 1. The number of thiazole rings is 1. The van der Waals surface area contributed by atoms with Crippen LogP contribution >= 0.6 is 11.3 Å². The Morgan fingerprint density at radius 3 is 2.83 bits per heavy atom. The van der Waals surface area contributed by atoms with E-state index in [0.717, 1.165) is 10.7 Å². The summed E-state index contributed by atoms with van der Waals surface area (Å²) in [5.74, 6) is 0.139. The van der Waals surface area contributed by atoms with Crippen LogP contribution in [-0.2, 0) is 6.54 Å². The first kappa shape index (κ1) is 16.4. The average molecular weight is 345 g/mol. The first-order valence-corrected chi connectivity index (χ1v) is 8.58. The van der Waals surface area contributed by atoms with Gasteiger partial charge >= 0.3 is 5.69 Å². The molecule has 0 aliphatic rings. The highest BCUT2D eigenvalue weighted by Crippen LogP contribution is 2.24. The van der Waals surface area contributed by atoms with Crippen molar-refractivity contribution < 1.29 is 4.79 Å². The lowest BCUT2D eigenvalue weighted by molar-refractivity contribution is 0.0955. The van der Waals surface area contributed by atoms with Gasteiger partial charge in [-0.1, -0.05) is 19.9 Å². The van der Waals surface area contributed by atoms with Crippen molar-refractivity contribution in [3.8, 4) is 0 Å². The van der Waals surface area contributed by atoms with Crippen molar-refractivity contribution in [2.45, 2.75) is 33.2 Å². The van der Waals surface area contributed by atoms with E-state index in [1.165, 1.54) is 20.4 Å². The number of aromatic nitrogens is 4. The van der Waals surface area contributed by atoms with Gasteiger partial charge in [-0.25, -0.2) is 14.5 Å². The summed E-state index contributed by atoms with van der Waals surface area (Å²) in [6, 6.07) is 5.37. The molecule has 0 saturated carbocycles. The van der Waals surface area contributed by atoms with Crippen molar-refractivity contribution in [1.29, 1.82) is 0 Å². The Balaban J connectivity index is 1.66. The number of rotatable bonds is 5. The van der Waals surface area contributed by atoms with Crippen LogP contribution in [0.5, 0.6) is 0 Å². The van der Waals surface area contributed by atoms with Gasteiger partial charge in [0.15, 0.2) is 5.65 Å². The number of pyridine rings is 1. The summed E-state index contributed by atoms with van der Waals surface area (Å²) in [7, 11) is 0. The second-order valence-corrected chi connectivity index (χ2v) is 6.84. The van der Waals surface area contributed by atoms with Crippen LogP contribution in [0.3, 0.4) is 0 Å². The van der Waals surface area contributed by atoms with Gasteiger partial charge in [-0.3, -0.25) is 9.20 Å². The molecule has 0 aromatic carbocycles. The normalized spacial score (nSPS) is 11.3. The Morgan fingerprint density at radius 2 is 2.17 bits per heavy atom. The fourth-order valence-corrected chi connectivity index (χ4v) is 3.33. The lowest BCUT2D eigenvalue weighted by Gasteiger charge is -2.03. The van der Waals surface area contributed by atoms with Gasteiger partial charge < -0.3 is 5.32 Å². The summed E-state index contributed by atoms with van der Waals surface area (Å²) in [4.78, 5) is 29.5. The molecule has 0 spiro atoms. The van der Waals surface area contributed by atoms with Gasteiger partial charge in [0, 0.05) is 18.7 Å². The van der Waals surface area contributed by atoms with E-state index in [1.54, 1.807) is 18.3 Å². The molecule has 0 bridgehead atoms. The zero-order valence-electron chi connectivity index (χ0n) is 13.8. The number of fused-ring (bicyclic) bond motifs is 1. The van der Waals surface area contributed by atoms with E-state index in [2.05, 4.69) is 29.2 Å². The standard InChI is InChI=1S/C16H19N5O2S/c1-10(2)15-18-11(3)13(24-15)14(22)17-7-9-21-16(23)20-8-5-4-6-12(20)19-21/h4-6,8,10H,7,9H2,1-3H3,(H,17,22). The van der Waals surface area contributed by atoms with Crippen molar-refractivity contribution in [2.24, 2.45) is 0 Å². The average Bonchev–Trinajstić information content (AvgIpc) is 3.09. The topological polar surface area (TPSA) is 81.3 Å². The largest absolute Gasteiger partial charge is 0.350 e. The van der Waals surface area contributed by atoms with E-state index in [1.807, 2.05) is 13.0 Å². The zero-order chi connectivity index (χ0) is 17.3. The lowest BCUT2D eigenvalue weighted by atomic mass is 10.2. The molecule has 0 atom stereocenters. The van der Waals surface area contributed by atoms with Crippen molar-refractivity contribution in [2.75, 3.05) is 6.54 Å². The molecule has 1 N–H and O–H groups in total. The minimum absolute atomic E-state index is 0.159. The quantitative estimate of drug-likeness (QED) is 0.765. The second kappa shape index (κ2) is 6.56. The zero-order valence-corrected chi connectivity index (χ0v) is 14.6. The Labute approximate surface area is 143 Å². The molecule has 3 aromatic rings. The molecule has 3 rings (SSSR count). The van der Waals surface area contributed by atoms with E-state index < -0.39 is 0 Å². The van der Waals surface area contributed by atoms with Crippen LogP contribution in [0.25, 0.3) is 5.65 Å². The summed E-state index contributed by atoms with van der Waals surface area (Å²) >= 11 is 1.42. The minimum Gasteiger partial charge on any atom is -0.349 e. The molecular formula is C16H19N5O2S. The van der Waals surface area contributed by atoms with Crippen molar-refractivity contribution in [3.05, 3.63) is 50.5 Å². The van der Waals surface area contributed by atoms with Gasteiger partial charge in [0.1, 0.15) is 4.88 Å². The Hall–Kier alpha value is -2.48. The molecule has 7 nitrogen and oxygen atoms in total. The van der Waals surface area contributed by atoms with Gasteiger partial charge in [-0.15, -0.1) is 16.4 Å². The predicted molar refractivity (Wildman–Crippen MR) is 92.7 cm³/mol. The van der Waals surface area contributed by atoms with Crippen LogP contribution < -0.4 is 11.0 Å². The highest BCUT2D eigenvalue weighted by Gasteiger charge is 2.16. The molecule has 3 heterocycles.